The van der Waals surface area contributed by atoms with E-state index < -0.39 is 11.9 Å². The number of aryl methyl sites for hydroxylation is 1. The van der Waals surface area contributed by atoms with Gasteiger partial charge in [0, 0.05) is 17.4 Å². The molecule has 0 aliphatic heterocycles. The molecule has 1 aromatic carbocycles. The lowest BCUT2D eigenvalue weighted by molar-refractivity contribution is -0.134. The van der Waals surface area contributed by atoms with E-state index in [1.54, 1.807) is 0 Å². The molecular formula is C17H14N2O5S. The van der Waals surface area contributed by atoms with E-state index in [2.05, 4.69) is 14.9 Å². The average molecular weight is 358 g/mol. The van der Waals surface area contributed by atoms with Gasteiger partial charge in [-0.15, -0.1) is 10.2 Å². The molecule has 2 aromatic heterocycles. The quantitative estimate of drug-likeness (QED) is 0.494. The molecule has 7 nitrogen and oxygen atoms in total. The number of thiophene rings is 1. The number of aromatic nitrogens is 2. The van der Waals surface area contributed by atoms with Gasteiger partial charge in [-0.2, -0.15) is 11.3 Å². The van der Waals surface area contributed by atoms with Crippen LogP contribution in [0.1, 0.15) is 22.7 Å². The number of carbonyl (C=O) groups is 2. The van der Waals surface area contributed by atoms with Gasteiger partial charge < -0.3 is 13.9 Å². The minimum Gasteiger partial charge on any atom is -0.465 e. The first-order valence-electron chi connectivity index (χ1n) is 7.39. The van der Waals surface area contributed by atoms with Gasteiger partial charge in [0.15, 0.2) is 0 Å². The van der Waals surface area contributed by atoms with Crippen LogP contribution in [-0.4, -0.2) is 29.2 Å². The standard InChI is InChI=1S/C17H14N2O5S/c1-22-17(21)11-2-4-13(5-3-11)23-15(20)7-6-14-18-19-16(24-14)12-8-9-25-10-12/h2-5,8-10H,6-7H2,1H3. The SMILES string of the molecule is COC(=O)c1ccc(OC(=O)CCc2nnc(-c3ccsc3)o2)cc1. The Hall–Kier alpha value is -3.00. The van der Waals surface area contributed by atoms with E-state index in [-0.39, 0.29) is 12.8 Å². The zero-order valence-electron chi connectivity index (χ0n) is 13.3. The fraction of sp³-hybridized carbons (Fsp3) is 0.176. The molecule has 0 radical (unpaired) electrons. The predicted octanol–water partition coefficient (Wildman–Crippen LogP) is 3.12. The van der Waals surface area contributed by atoms with Crippen LogP contribution < -0.4 is 4.74 Å². The zero-order chi connectivity index (χ0) is 17.6. The van der Waals surface area contributed by atoms with E-state index >= 15 is 0 Å². The maximum absolute atomic E-state index is 11.9. The molecular weight excluding hydrogens is 344 g/mol. The highest BCUT2D eigenvalue weighted by Gasteiger charge is 2.12. The van der Waals surface area contributed by atoms with Crippen molar-refractivity contribution in [2.75, 3.05) is 7.11 Å². The van der Waals surface area contributed by atoms with Crippen molar-refractivity contribution >= 4 is 23.3 Å². The van der Waals surface area contributed by atoms with Crippen LogP contribution in [0.15, 0.2) is 45.5 Å². The van der Waals surface area contributed by atoms with Crippen LogP contribution in [0.3, 0.4) is 0 Å². The first-order chi connectivity index (χ1) is 12.2. The number of methoxy groups -OCH3 is 1. The third kappa shape index (κ3) is 4.30. The minimum atomic E-state index is -0.448. The molecule has 8 heteroatoms. The largest absolute Gasteiger partial charge is 0.465 e. The third-order valence-corrected chi connectivity index (χ3v) is 3.97. The molecule has 0 spiro atoms. The van der Waals surface area contributed by atoms with Crippen molar-refractivity contribution in [2.45, 2.75) is 12.8 Å². The Labute approximate surface area is 147 Å². The van der Waals surface area contributed by atoms with Crippen molar-refractivity contribution in [3.63, 3.8) is 0 Å². The van der Waals surface area contributed by atoms with Gasteiger partial charge in [0.25, 0.3) is 0 Å². The summed E-state index contributed by atoms with van der Waals surface area (Å²) in [6, 6.07) is 8.00. The number of ether oxygens (including phenoxy) is 2. The first-order valence-corrected chi connectivity index (χ1v) is 8.34. The van der Waals surface area contributed by atoms with E-state index in [0.717, 1.165) is 5.56 Å². The smallest absolute Gasteiger partial charge is 0.337 e. The van der Waals surface area contributed by atoms with Gasteiger partial charge in [-0.25, -0.2) is 4.79 Å². The molecule has 0 aliphatic rings. The molecule has 3 rings (SSSR count). The van der Waals surface area contributed by atoms with Crippen LogP contribution in [0.2, 0.25) is 0 Å². The van der Waals surface area contributed by atoms with Gasteiger partial charge in [0.2, 0.25) is 11.8 Å². The molecule has 0 amide bonds. The summed E-state index contributed by atoms with van der Waals surface area (Å²) in [5.41, 5.74) is 1.24. The fourth-order valence-corrected chi connectivity index (χ4v) is 2.66. The first kappa shape index (κ1) is 16.8. The van der Waals surface area contributed by atoms with Crippen LogP contribution in [0.25, 0.3) is 11.5 Å². The van der Waals surface area contributed by atoms with Gasteiger partial charge >= 0.3 is 11.9 Å². The molecule has 0 bridgehead atoms. The lowest BCUT2D eigenvalue weighted by atomic mass is 10.2. The number of esters is 2. The molecule has 0 aliphatic carbocycles. The number of hydrogen-bond acceptors (Lipinski definition) is 8. The van der Waals surface area contributed by atoms with E-state index in [1.807, 2.05) is 16.8 Å². The van der Waals surface area contributed by atoms with E-state index in [4.69, 9.17) is 9.15 Å². The summed E-state index contributed by atoms with van der Waals surface area (Å²) in [4.78, 5) is 23.2. The molecule has 0 saturated heterocycles. The second-order valence-corrected chi connectivity index (χ2v) is 5.78. The molecule has 25 heavy (non-hydrogen) atoms. The van der Waals surface area contributed by atoms with Crippen molar-refractivity contribution in [3.05, 3.63) is 52.5 Å². The monoisotopic (exact) mass is 358 g/mol. The summed E-state index contributed by atoms with van der Waals surface area (Å²) in [6.07, 6.45) is 0.389. The van der Waals surface area contributed by atoms with Crippen LogP contribution in [0, 0.1) is 0 Å². The maximum atomic E-state index is 11.9. The predicted molar refractivity (Wildman–Crippen MR) is 89.3 cm³/mol. The molecule has 0 saturated carbocycles. The van der Waals surface area contributed by atoms with Gasteiger partial charge in [-0.05, 0) is 35.7 Å². The number of carbonyl (C=O) groups excluding carboxylic acids is 2. The normalized spacial score (nSPS) is 10.4. The second-order valence-electron chi connectivity index (χ2n) is 5.00. The minimum absolute atomic E-state index is 0.101. The molecule has 3 aromatic rings. The summed E-state index contributed by atoms with van der Waals surface area (Å²) >= 11 is 1.54. The highest BCUT2D eigenvalue weighted by Crippen LogP contribution is 2.21. The van der Waals surface area contributed by atoms with Gasteiger partial charge in [-0.1, -0.05) is 0 Å². The van der Waals surface area contributed by atoms with Crippen molar-refractivity contribution in [1.82, 2.24) is 10.2 Å². The Balaban J connectivity index is 1.52. The summed E-state index contributed by atoms with van der Waals surface area (Å²) < 4.78 is 15.3. The van der Waals surface area contributed by atoms with Crippen molar-refractivity contribution in [1.29, 1.82) is 0 Å². The topological polar surface area (TPSA) is 91.5 Å². The molecule has 0 N–H and O–H groups in total. The Morgan fingerprint density at radius 3 is 2.64 bits per heavy atom. The zero-order valence-corrected chi connectivity index (χ0v) is 14.1. The molecule has 2 heterocycles. The molecule has 128 valence electrons. The highest BCUT2D eigenvalue weighted by molar-refractivity contribution is 7.08. The maximum Gasteiger partial charge on any atom is 0.337 e. The molecule has 0 fully saturated rings. The number of nitrogens with zero attached hydrogens (tertiary/aromatic N) is 2. The molecule has 0 unspecified atom stereocenters. The van der Waals surface area contributed by atoms with Gasteiger partial charge in [0.1, 0.15) is 5.75 Å². The lowest BCUT2D eigenvalue weighted by Gasteiger charge is -2.04. The summed E-state index contributed by atoms with van der Waals surface area (Å²) in [7, 11) is 1.30. The summed E-state index contributed by atoms with van der Waals surface area (Å²) in [5, 5.41) is 11.7. The fourth-order valence-electron chi connectivity index (χ4n) is 2.03. The highest BCUT2D eigenvalue weighted by atomic mass is 32.1. The number of benzene rings is 1. The van der Waals surface area contributed by atoms with Crippen LogP contribution in [0.4, 0.5) is 0 Å². The van der Waals surface area contributed by atoms with Crippen LogP contribution >= 0.6 is 11.3 Å². The Kier molecular flexibility index (Phi) is 5.20. The van der Waals surface area contributed by atoms with Gasteiger partial charge in [-0.3, -0.25) is 4.79 Å². The summed E-state index contributed by atoms with van der Waals surface area (Å²) in [6.45, 7) is 0. The van der Waals surface area contributed by atoms with E-state index in [0.29, 0.717) is 23.1 Å². The van der Waals surface area contributed by atoms with Crippen molar-refractivity contribution in [2.24, 2.45) is 0 Å². The Bertz CT molecular complexity index is 856. The number of hydrogen-bond donors (Lipinski definition) is 0. The van der Waals surface area contributed by atoms with E-state index in [9.17, 15) is 9.59 Å². The third-order valence-electron chi connectivity index (χ3n) is 3.29. The Morgan fingerprint density at radius 2 is 1.96 bits per heavy atom. The second kappa shape index (κ2) is 7.71. The van der Waals surface area contributed by atoms with E-state index in [1.165, 1.54) is 42.7 Å². The average Bonchev–Trinajstić information content (AvgIpc) is 3.31. The summed E-state index contributed by atoms with van der Waals surface area (Å²) in [5.74, 6) is 0.279. The van der Waals surface area contributed by atoms with Crippen LogP contribution in [0.5, 0.6) is 5.75 Å². The lowest BCUT2D eigenvalue weighted by Crippen LogP contribution is -2.09. The molecule has 0 atom stereocenters. The van der Waals surface area contributed by atoms with Crippen LogP contribution in [-0.2, 0) is 16.0 Å². The number of rotatable bonds is 6. The Morgan fingerprint density at radius 1 is 1.16 bits per heavy atom. The van der Waals surface area contributed by atoms with Crippen molar-refractivity contribution < 1.29 is 23.5 Å². The van der Waals surface area contributed by atoms with Gasteiger partial charge in [0.05, 0.1) is 19.1 Å². The van der Waals surface area contributed by atoms with Crippen molar-refractivity contribution in [3.8, 4) is 17.2 Å².